The van der Waals surface area contributed by atoms with Gasteiger partial charge in [-0.3, -0.25) is 5.32 Å². The molecule has 0 radical (unpaired) electrons. The fourth-order valence-electron chi connectivity index (χ4n) is 2.14. The van der Waals surface area contributed by atoms with Gasteiger partial charge in [-0.1, -0.05) is 13.8 Å². The Morgan fingerprint density at radius 3 is 3.00 bits per heavy atom. The normalized spacial score (nSPS) is 31.2. The highest BCUT2D eigenvalue weighted by Crippen LogP contribution is 2.37. The third kappa shape index (κ3) is 3.65. The molecule has 3 atom stereocenters. The van der Waals surface area contributed by atoms with Crippen molar-refractivity contribution < 1.29 is 5.11 Å². The van der Waals surface area contributed by atoms with E-state index in [2.05, 4.69) is 18.3 Å². The second-order valence-electron chi connectivity index (χ2n) is 4.71. The van der Waals surface area contributed by atoms with E-state index in [1.54, 1.807) is 0 Å². The second kappa shape index (κ2) is 6.48. The minimum absolute atomic E-state index is 0.260. The molecule has 0 aromatic heterocycles. The molecule has 1 saturated carbocycles. The first-order valence-corrected chi connectivity index (χ1v) is 7.09. The predicted octanol–water partition coefficient (Wildman–Crippen LogP) is 1.77. The van der Waals surface area contributed by atoms with Crippen LogP contribution in [0.3, 0.4) is 0 Å². The van der Waals surface area contributed by atoms with E-state index in [0.717, 1.165) is 31.6 Å². The smallest absolute Gasteiger partial charge is 0.107 e. The molecule has 0 spiro atoms. The van der Waals surface area contributed by atoms with Crippen LogP contribution < -0.4 is 5.32 Å². The van der Waals surface area contributed by atoms with Crippen molar-refractivity contribution in [2.45, 2.75) is 43.9 Å². The van der Waals surface area contributed by atoms with Crippen molar-refractivity contribution in [3.05, 3.63) is 0 Å². The molecular formula is C12H22N2OS. The molecule has 0 aliphatic heterocycles. The Morgan fingerprint density at radius 2 is 2.44 bits per heavy atom. The van der Waals surface area contributed by atoms with Crippen LogP contribution in [-0.4, -0.2) is 34.8 Å². The van der Waals surface area contributed by atoms with Gasteiger partial charge in [-0.25, -0.2) is 0 Å². The summed E-state index contributed by atoms with van der Waals surface area (Å²) in [5.74, 6) is 1.36. The molecular weight excluding hydrogens is 220 g/mol. The first kappa shape index (κ1) is 13.8. The zero-order chi connectivity index (χ0) is 12.0. The third-order valence-corrected chi connectivity index (χ3v) is 4.76. The monoisotopic (exact) mass is 242 g/mol. The van der Waals surface area contributed by atoms with Gasteiger partial charge >= 0.3 is 0 Å². The highest BCUT2D eigenvalue weighted by Gasteiger charge is 2.38. The van der Waals surface area contributed by atoms with E-state index in [1.807, 2.05) is 18.7 Å². The fraction of sp³-hybridized carbons (Fsp3) is 0.917. The summed E-state index contributed by atoms with van der Waals surface area (Å²) in [6, 6.07) is 2.44. The molecule has 1 fully saturated rings. The molecule has 0 aromatic rings. The largest absolute Gasteiger partial charge is 0.396 e. The van der Waals surface area contributed by atoms with Crippen LogP contribution in [0.5, 0.6) is 0 Å². The third-order valence-electron chi connectivity index (χ3n) is 3.13. The molecule has 1 aliphatic rings. The molecule has 3 unspecified atom stereocenters. The molecule has 1 aliphatic carbocycles. The first-order chi connectivity index (χ1) is 7.65. The van der Waals surface area contributed by atoms with E-state index in [1.165, 1.54) is 0 Å². The van der Waals surface area contributed by atoms with Gasteiger partial charge in [-0.05, 0) is 37.5 Å². The van der Waals surface area contributed by atoms with E-state index < -0.39 is 0 Å². The number of hydrogen-bond donors (Lipinski definition) is 2. The standard InChI is InChI=1S/C12H22N2OS/c1-3-14-12(9-13)5-4-11(6-12)16-8-10(2)7-15/h10-11,14-15H,3-8H2,1-2H3. The molecule has 0 aromatic carbocycles. The van der Waals surface area contributed by atoms with E-state index in [0.29, 0.717) is 11.2 Å². The Balaban J connectivity index is 2.36. The number of nitriles is 1. The number of hydrogen-bond acceptors (Lipinski definition) is 4. The summed E-state index contributed by atoms with van der Waals surface area (Å²) in [5, 5.41) is 22.1. The molecule has 92 valence electrons. The van der Waals surface area contributed by atoms with Crippen molar-refractivity contribution in [3.8, 4) is 6.07 Å². The molecule has 2 N–H and O–H groups in total. The molecule has 16 heavy (non-hydrogen) atoms. The van der Waals surface area contributed by atoms with E-state index >= 15 is 0 Å². The highest BCUT2D eigenvalue weighted by molar-refractivity contribution is 7.99. The van der Waals surface area contributed by atoms with Crippen molar-refractivity contribution in [3.63, 3.8) is 0 Å². The van der Waals surface area contributed by atoms with Gasteiger partial charge in [0.2, 0.25) is 0 Å². The summed E-state index contributed by atoms with van der Waals surface area (Å²) in [6.07, 6.45) is 3.02. The summed E-state index contributed by atoms with van der Waals surface area (Å²) in [4.78, 5) is 0. The molecule has 0 bridgehead atoms. The Hall–Kier alpha value is -0.240. The van der Waals surface area contributed by atoms with Crippen molar-refractivity contribution in [1.29, 1.82) is 5.26 Å². The van der Waals surface area contributed by atoms with Crippen LogP contribution in [-0.2, 0) is 0 Å². The summed E-state index contributed by atoms with van der Waals surface area (Å²) >= 11 is 1.91. The molecule has 0 heterocycles. The van der Waals surface area contributed by atoms with Crippen LogP contribution in [0, 0.1) is 17.2 Å². The van der Waals surface area contributed by atoms with Gasteiger partial charge in [-0.15, -0.1) is 0 Å². The quantitative estimate of drug-likeness (QED) is 0.745. The number of thioether (sulfide) groups is 1. The van der Waals surface area contributed by atoms with Gasteiger partial charge in [0, 0.05) is 11.9 Å². The van der Waals surface area contributed by atoms with Crippen LogP contribution >= 0.6 is 11.8 Å². The van der Waals surface area contributed by atoms with E-state index in [9.17, 15) is 5.26 Å². The maximum Gasteiger partial charge on any atom is 0.107 e. The maximum absolute atomic E-state index is 9.23. The van der Waals surface area contributed by atoms with E-state index in [-0.39, 0.29) is 12.1 Å². The minimum Gasteiger partial charge on any atom is -0.396 e. The average Bonchev–Trinajstić information content (AvgIpc) is 2.71. The summed E-state index contributed by atoms with van der Waals surface area (Å²) in [7, 11) is 0. The van der Waals surface area contributed by atoms with Gasteiger partial charge < -0.3 is 5.11 Å². The number of rotatable bonds is 6. The minimum atomic E-state index is -0.283. The van der Waals surface area contributed by atoms with Crippen LogP contribution in [0.25, 0.3) is 0 Å². The highest BCUT2D eigenvalue weighted by atomic mass is 32.2. The molecule has 0 saturated heterocycles. The average molecular weight is 242 g/mol. The lowest BCUT2D eigenvalue weighted by Gasteiger charge is -2.21. The molecule has 1 rings (SSSR count). The SMILES string of the molecule is CCNC1(C#N)CCC(SCC(C)CO)C1. The Kier molecular flexibility index (Phi) is 5.60. The number of nitrogens with one attached hydrogen (secondary N) is 1. The zero-order valence-corrected chi connectivity index (χ0v) is 11.0. The zero-order valence-electron chi connectivity index (χ0n) is 10.2. The van der Waals surface area contributed by atoms with Gasteiger partial charge in [0.25, 0.3) is 0 Å². The van der Waals surface area contributed by atoms with Gasteiger partial charge in [0.15, 0.2) is 0 Å². The Morgan fingerprint density at radius 1 is 1.69 bits per heavy atom. The van der Waals surface area contributed by atoms with Crippen LogP contribution in [0.15, 0.2) is 0 Å². The van der Waals surface area contributed by atoms with Crippen molar-refractivity contribution >= 4 is 11.8 Å². The molecule has 0 amide bonds. The number of aliphatic hydroxyl groups excluding tert-OH is 1. The Bertz CT molecular complexity index is 254. The summed E-state index contributed by atoms with van der Waals surface area (Å²) in [6.45, 7) is 5.23. The van der Waals surface area contributed by atoms with Gasteiger partial charge in [0.05, 0.1) is 6.07 Å². The van der Waals surface area contributed by atoms with Gasteiger partial charge in [-0.2, -0.15) is 17.0 Å². The first-order valence-electron chi connectivity index (χ1n) is 6.04. The predicted molar refractivity (Wildman–Crippen MR) is 68.4 cm³/mol. The summed E-state index contributed by atoms with van der Waals surface area (Å²) in [5.41, 5.74) is -0.283. The topological polar surface area (TPSA) is 56.0 Å². The van der Waals surface area contributed by atoms with Crippen LogP contribution in [0.1, 0.15) is 33.1 Å². The number of aliphatic hydroxyl groups is 1. The lowest BCUT2D eigenvalue weighted by molar-refractivity contribution is 0.250. The van der Waals surface area contributed by atoms with Crippen LogP contribution in [0.4, 0.5) is 0 Å². The van der Waals surface area contributed by atoms with Crippen molar-refractivity contribution in [2.75, 3.05) is 18.9 Å². The van der Waals surface area contributed by atoms with E-state index in [4.69, 9.17) is 5.11 Å². The second-order valence-corrected chi connectivity index (χ2v) is 6.04. The lowest BCUT2D eigenvalue weighted by Crippen LogP contribution is -2.41. The van der Waals surface area contributed by atoms with Crippen molar-refractivity contribution in [2.24, 2.45) is 5.92 Å². The van der Waals surface area contributed by atoms with Crippen LogP contribution in [0.2, 0.25) is 0 Å². The fourth-order valence-corrected chi connectivity index (χ4v) is 3.53. The van der Waals surface area contributed by atoms with Gasteiger partial charge in [0.1, 0.15) is 5.54 Å². The van der Waals surface area contributed by atoms with Crippen molar-refractivity contribution in [1.82, 2.24) is 5.32 Å². The Labute approximate surface area is 103 Å². The maximum atomic E-state index is 9.23. The number of nitrogens with zero attached hydrogens (tertiary/aromatic N) is 1. The molecule has 4 heteroatoms. The molecule has 3 nitrogen and oxygen atoms in total. The lowest BCUT2D eigenvalue weighted by atomic mass is 10.0. The summed E-state index contributed by atoms with van der Waals surface area (Å²) < 4.78 is 0.